The number of carbonyl (C=O) groups excluding carboxylic acids is 1. The van der Waals surface area contributed by atoms with Gasteiger partial charge in [-0.3, -0.25) is 19.7 Å². The van der Waals surface area contributed by atoms with Crippen molar-refractivity contribution in [3.63, 3.8) is 0 Å². The minimum absolute atomic E-state index is 0.0689. The molecule has 1 atom stereocenters. The second kappa shape index (κ2) is 12.5. The molecular formula is C28H25Br2N5O5. The Bertz CT molecular complexity index is 1700. The minimum atomic E-state index is -0.609. The number of amides is 1. The van der Waals surface area contributed by atoms with E-state index in [-0.39, 0.29) is 27.4 Å². The average Bonchev–Trinajstić information content (AvgIpc) is 2.92. The normalized spacial score (nSPS) is 12.0. The zero-order valence-electron chi connectivity index (χ0n) is 21.9. The number of nitrogens with zero attached hydrogens (tertiary/aromatic N) is 4. The molecule has 1 N–H and O–H groups in total. The van der Waals surface area contributed by atoms with Crippen LogP contribution in [0.5, 0.6) is 5.75 Å². The van der Waals surface area contributed by atoms with Crippen LogP contribution in [0.15, 0.2) is 73.4 Å². The molecule has 10 nitrogen and oxygen atoms in total. The Labute approximate surface area is 246 Å². The SMILES string of the molecule is CC[C@H](C)c1nc2ccc(Br)cc2c(=O)n1N=Cc1cc(Br)c(OCC(=O)Nc2ccccc2C)c([N+](=O)[O-])c1. The summed E-state index contributed by atoms with van der Waals surface area (Å²) in [4.78, 5) is 41.7. The molecule has 4 rings (SSSR count). The monoisotopic (exact) mass is 669 g/mol. The third kappa shape index (κ3) is 6.45. The smallest absolute Gasteiger partial charge is 0.312 e. The van der Waals surface area contributed by atoms with E-state index < -0.39 is 17.4 Å². The highest BCUT2D eigenvalue weighted by atomic mass is 79.9. The third-order valence-corrected chi connectivity index (χ3v) is 7.30. The van der Waals surface area contributed by atoms with Gasteiger partial charge in [0, 0.05) is 27.7 Å². The molecule has 206 valence electrons. The van der Waals surface area contributed by atoms with E-state index in [2.05, 4.69) is 47.3 Å². The van der Waals surface area contributed by atoms with Crippen molar-refractivity contribution in [1.29, 1.82) is 0 Å². The fourth-order valence-corrected chi connectivity index (χ4v) is 4.84. The van der Waals surface area contributed by atoms with E-state index in [1.165, 1.54) is 17.0 Å². The van der Waals surface area contributed by atoms with E-state index in [9.17, 15) is 19.7 Å². The Hall–Kier alpha value is -3.90. The van der Waals surface area contributed by atoms with Gasteiger partial charge < -0.3 is 10.1 Å². The number of nitro groups is 1. The van der Waals surface area contributed by atoms with Crippen LogP contribution in [-0.2, 0) is 4.79 Å². The van der Waals surface area contributed by atoms with Gasteiger partial charge in [0.2, 0.25) is 5.75 Å². The summed E-state index contributed by atoms with van der Waals surface area (Å²) in [7, 11) is 0. The molecule has 1 aromatic heterocycles. The van der Waals surface area contributed by atoms with E-state index in [4.69, 9.17) is 4.74 Å². The second-order valence-electron chi connectivity index (χ2n) is 9.06. The molecule has 0 aliphatic carbocycles. The van der Waals surface area contributed by atoms with Crippen LogP contribution >= 0.6 is 31.9 Å². The fourth-order valence-electron chi connectivity index (χ4n) is 3.89. The van der Waals surface area contributed by atoms with Crippen LogP contribution in [0.2, 0.25) is 0 Å². The number of halogens is 2. The van der Waals surface area contributed by atoms with Gasteiger partial charge in [0.25, 0.3) is 11.5 Å². The van der Waals surface area contributed by atoms with Crippen LogP contribution in [0.25, 0.3) is 10.9 Å². The van der Waals surface area contributed by atoms with Gasteiger partial charge in [-0.1, -0.05) is 48.0 Å². The number of nitro benzene ring substituents is 1. The maximum Gasteiger partial charge on any atom is 0.312 e. The first-order chi connectivity index (χ1) is 19.1. The highest BCUT2D eigenvalue weighted by Gasteiger charge is 2.22. The second-order valence-corrected chi connectivity index (χ2v) is 10.8. The van der Waals surface area contributed by atoms with Crippen molar-refractivity contribution in [2.75, 3.05) is 11.9 Å². The summed E-state index contributed by atoms with van der Waals surface area (Å²) in [5.41, 5.74) is 1.67. The highest BCUT2D eigenvalue weighted by molar-refractivity contribution is 9.10. The van der Waals surface area contributed by atoms with Gasteiger partial charge in [-0.2, -0.15) is 9.78 Å². The molecule has 0 radical (unpaired) electrons. The zero-order valence-corrected chi connectivity index (χ0v) is 25.0. The molecule has 0 fully saturated rings. The molecular weight excluding hydrogens is 646 g/mol. The number of rotatable bonds is 9. The standard InChI is InChI=1S/C28H25Br2N5O5/c1-4-16(2)27-33-23-10-9-19(29)13-20(23)28(37)34(27)31-14-18-11-21(30)26(24(12-18)35(38)39)40-15-25(36)32-22-8-6-5-7-17(22)3/h5-14,16H,4,15H2,1-3H3,(H,32,36)/t16-/m0/s1. The Morgan fingerprint density at radius 2 is 1.98 bits per heavy atom. The molecule has 1 amide bonds. The summed E-state index contributed by atoms with van der Waals surface area (Å²) in [6.07, 6.45) is 2.08. The topological polar surface area (TPSA) is 129 Å². The molecule has 4 aromatic rings. The van der Waals surface area contributed by atoms with Crippen LogP contribution < -0.4 is 15.6 Å². The molecule has 0 spiro atoms. The quantitative estimate of drug-likeness (QED) is 0.122. The van der Waals surface area contributed by atoms with Crippen LogP contribution in [0.3, 0.4) is 0 Å². The average molecular weight is 671 g/mol. The first-order valence-corrected chi connectivity index (χ1v) is 13.9. The van der Waals surface area contributed by atoms with Gasteiger partial charge in [0.15, 0.2) is 6.61 Å². The summed E-state index contributed by atoms with van der Waals surface area (Å²) < 4.78 is 7.76. The van der Waals surface area contributed by atoms with Crippen LogP contribution in [-0.4, -0.2) is 33.3 Å². The summed E-state index contributed by atoms with van der Waals surface area (Å²) in [6, 6.07) is 15.3. The lowest BCUT2D eigenvalue weighted by molar-refractivity contribution is -0.385. The third-order valence-electron chi connectivity index (χ3n) is 6.22. The molecule has 0 saturated heterocycles. The van der Waals surface area contributed by atoms with Crippen LogP contribution in [0.1, 0.15) is 43.1 Å². The molecule has 3 aromatic carbocycles. The molecule has 12 heteroatoms. The molecule has 40 heavy (non-hydrogen) atoms. The van der Waals surface area contributed by atoms with E-state index in [0.29, 0.717) is 28.0 Å². The number of para-hydroxylation sites is 1. The number of ether oxygens (including phenoxy) is 1. The largest absolute Gasteiger partial charge is 0.476 e. The zero-order chi connectivity index (χ0) is 29.0. The maximum atomic E-state index is 13.4. The number of aromatic nitrogens is 2. The van der Waals surface area contributed by atoms with Crippen LogP contribution in [0.4, 0.5) is 11.4 Å². The number of aryl methyl sites for hydroxylation is 1. The summed E-state index contributed by atoms with van der Waals surface area (Å²) in [6.45, 7) is 5.34. The first kappa shape index (κ1) is 29.1. The number of fused-ring (bicyclic) bond motifs is 1. The van der Waals surface area contributed by atoms with E-state index >= 15 is 0 Å². The van der Waals surface area contributed by atoms with Crippen molar-refractivity contribution in [3.8, 4) is 5.75 Å². The van der Waals surface area contributed by atoms with Crippen molar-refractivity contribution in [2.45, 2.75) is 33.1 Å². The van der Waals surface area contributed by atoms with Gasteiger partial charge in [-0.05, 0) is 65.2 Å². The Morgan fingerprint density at radius 3 is 2.67 bits per heavy atom. The number of hydrogen-bond acceptors (Lipinski definition) is 7. The first-order valence-electron chi connectivity index (χ1n) is 12.3. The van der Waals surface area contributed by atoms with Crippen molar-refractivity contribution in [1.82, 2.24) is 9.66 Å². The van der Waals surface area contributed by atoms with Crippen molar-refractivity contribution >= 4 is 66.3 Å². The number of anilines is 1. The summed E-state index contributed by atoms with van der Waals surface area (Å²) >= 11 is 6.70. The Morgan fingerprint density at radius 1 is 1.23 bits per heavy atom. The van der Waals surface area contributed by atoms with Crippen molar-refractivity contribution in [3.05, 3.63) is 101 Å². The lowest BCUT2D eigenvalue weighted by Crippen LogP contribution is -2.23. The minimum Gasteiger partial charge on any atom is -0.476 e. The maximum absolute atomic E-state index is 13.4. The predicted octanol–water partition coefficient (Wildman–Crippen LogP) is 6.55. The van der Waals surface area contributed by atoms with Gasteiger partial charge >= 0.3 is 5.69 Å². The molecule has 0 bridgehead atoms. The van der Waals surface area contributed by atoms with Gasteiger partial charge in [-0.25, -0.2) is 4.98 Å². The number of benzene rings is 3. The molecule has 1 heterocycles. The molecule has 0 saturated carbocycles. The summed E-state index contributed by atoms with van der Waals surface area (Å²) in [5, 5.41) is 19.4. The Balaban J connectivity index is 1.65. The molecule has 0 aliphatic heterocycles. The Kier molecular flexibility index (Phi) is 9.10. The summed E-state index contributed by atoms with van der Waals surface area (Å²) in [5.74, 6) is -0.155. The molecule has 0 aliphatic rings. The van der Waals surface area contributed by atoms with E-state index in [1.54, 1.807) is 30.3 Å². The number of nitrogens with one attached hydrogen (secondary N) is 1. The highest BCUT2D eigenvalue weighted by Crippen LogP contribution is 2.36. The lowest BCUT2D eigenvalue weighted by Gasteiger charge is -2.14. The lowest BCUT2D eigenvalue weighted by atomic mass is 10.1. The van der Waals surface area contributed by atoms with Gasteiger partial charge in [0.05, 0.1) is 26.5 Å². The number of carbonyl (C=O) groups is 1. The van der Waals surface area contributed by atoms with Crippen molar-refractivity contribution < 1.29 is 14.5 Å². The van der Waals surface area contributed by atoms with Gasteiger partial charge in [0.1, 0.15) is 5.82 Å². The molecule has 0 unspecified atom stereocenters. The van der Waals surface area contributed by atoms with E-state index in [1.807, 2.05) is 39.0 Å². The fraction of sp³-hybridized carbons (Fsp3) is 0.214. The number of hydrogen-bond donors (Lipinski definition) is 1. The predicted molar refractivity (Wildman–Crippen MR) is 162 cm³/mol. The van der Waals surface area contributed by atoms with Crippen LogP contribution in [0, 0.1) is 17.0 Å². The van der Waals surface area contributed by atoms with Gasteiger partial charge in [-0.15, -0.1) is 0 Å². The van der Waals surface area contributed by atoms with Crippen molar-refractivity contribution in [2.24, 2.45) is 5.10 Å². The van der Waals surface area contributed by atoms with E-state index in [0.717, 1.165) is 16.5 Å².